The van der Waals surface area contributed by atoms with Gasteiger partial charge in [-0.25, -0.2) is 0 Å². The third-order valence-electron chi connectivity index (χ3n) is 2.44. The molecule has 0 fully saturated rings. The molecule has 2 rings (SSSR count). The maximum atomic E-state index is 11.8. The summed E-state index contributed by atoms with van der Waals surface area (Å²) in [5.41, 5.74) is 0.168. The van der Waals surface area contributed by atoms with E-state index in [0.29, 0.717) is 18.0 Å². The summed E-state index contributed by atoms with van der Waals surface area (Å²) < 4.78 is 5.14. The molecule has 1 heterocycles. The fourth-order valence-electron chi connectivity index (χ4n) is 1.54. The van der Waals surface area contributed by atoms with Gasteiger partial charge in [-0.05, 0) is 30.3 Å². The molecule has 2 aromatic rings. The lowest BCUT2D eigenvalue weighted by Gasteiger charge is -2.06. The molecular weight excluding hydrogens is 254 g/mol. The summed E-state index contributed by atoms with van der Waals surface area (Å²) in [5, 5.41) is 12.6. The average Bonchev–Trinajstić information content (AvgIpc) is 2.85. The number of hydrogen-bond donors (Lipinski definition) is 2. The van der Waals surface area contributed by atoms with E-state index >= 15 is 0 Å². The van der Waals surface area contributed by atoms with Crippen LogP contribution in [0, 0.1) is 0 Å². The average molecular weight is 266 g/mol. The van der Waals surface area contributed by atoms with Crippen LogP contribution in [0.4, 0.5) is 0 Å². The number of carbonyl (C=O) groups excluding carboxylic acids is 1. The highest BCUT2D eigenvalue weighted by Crippen LogP contribution is 2.21. The van der Waals surface area contributed by atoms with Crippen LogP contribution in [-0.2, 0) is 6.42 Å². The maximum absolute atomic E-state index is 11.8. The largest absolute Gasteiger partial charge is 0.507 e. The van der Waals surface area contributed by atoms with Crippen molar-refractivity contribution in [3.8, 4) is 5.75 Å². The predicted molar refractivity (Wildman–Crippen MR) is 67.9 cm³/mol. The van der Waals surface area contributed by atoms with Crippen molar-refractivity contribution in [3.05, 3.63) is 52.9 Å². The monoisotopic (exact) mass is 265 g/mol. The smallest absolute Gasteiger partial charge is 0.255 e. The van der Waals surface area contributed by atoms with E-state index in [2.05, 4.69) is 5.32 Å². The van der Waals surface area contributed by atoms with E-state index in [1.165, 1.54) is 18.2 Å². The van der Waals surface area contributed by atoms with Gasteiger partial charge in [-0.15, -0.1) is 0 Å². The summed E-state index contributed by atoms with van der Waals surface area (Å²) in [4.78, 5) is 11.8. The molecule has 1 aromatic carbocycles. The zero-order chi connectivity index (χ0) is 13.0. The van der Waals surface area contributed by atoms with Crippen LogP contribution in [0.3, 0.4) is 0 Å². The summed E-state index contributed by atoms with van der Waals surface area (Å²) in [5.74, 6) is 0.349. The minimum Gasteiger partial charge on any atom is -0.507 e. The van der Waals surface area contributed by atoms with Gasteiger partial charge in [0.2, 0.25) is 0 Å². The van der Waals surface area contributed by atoms with E-state index in [1.54, 1.807) is 12.3 Å². The highest BCUT2D eigenvalue weighted by atomic mass is 35.5. The summed E-state index contributed by atoms with van der Waals surface area (Å²) in [7, 11) is 0. The summed E-state index contributed by atoms with van der Waals surface area (Å²) in [6.07, 6.45) is 2.18. The van der Waals surface area contributed by atoms with E-state index in [4.69, 9.17) is 16.0 Å². The molecule has 0 aliphatic heterocycles. The third kappa shape index (κ3) is 3.05. The molecule has 0 atom stereocenters. The Morgan fingerprint density at radius 2 is 2.22 bits per heavy atom. The van der Waals surface area contributed by atoms with Crippen LogP contribution in [0.5, 0.6) is 5.75 Å². The number of phenols is 1. The minimum absolute atomic E-state index is 0.0881. The Bertz CT molecular complexity index is 537. The van der Waals surface area contributed by atoms with Gasteiger partial charge in [0.05, 0.1) is 11.8 Å². The zero-order valence-corrected chi connectivity index (χ0v) is 10.3. The van der Waals surface area contributed by atoms with Crippen LogP contribution >= 0.6 is 11.6 Å². The number of benzene rings is 1. The first-order valence-corrected chi connectivity index (χ1v) is 5.83. The first-order chi connectivity index (χ1) is 8.66. The topological polar surface area (TPSA) is 62.5 Å². The summed E-state index contributed by atoms with van der Waals surface area (Å²) in [6, 6.07) is 7.97. The molecule has 0 bridgehead atoms. The molecule has 94 valence electrons. The highest BCUT2D eigenvalue weighted by molar-refractivity contribution is 6.31. The van der Waals surface area contributed by atoms with Gasteiger partial charge in [-0.2, -0.15) is 0 Å². The van der Waals surface area contributed by atoms with Crippen LogP contribution in [0.1, 0.15) is 16.1 Å². The Morgan fingerprint density at radius 3 is 2.94 bits per heavy atom. The fourth-order valence-corrected chi connectivity index (χ4v) is 1.71. The van der Waals surface area contributed by atoms with Crippen LogP contribution in [-0.4, -0.2) is 17.6 Å². The van der Waals surface area contributed by atoms with Crippen molar-refractivity contribution in [2.75, 3.05) is 6.54 Å². The molecule has 0 aliphatic carbocycles. The molecule has 0 spiro atoms. The molecule has 0 saturated heterocycles. The van der Waals surface area contributed by atoms with E-state index in [0.717, 1.165) is 5.76 Å². The summed E-state index contributed by atoms with van der Waals surface area (Å²) >= 11 is 5.77. The predicted octanol–water partition coefficient (Wildman–Crippen LogP) is 2.61. The molecular formula is C13H12ClNO3. The lowest BCUT2D eigenvalue weighted by molar-refractivity contribution is 0.0951. The van der Waals surface area contributed by atoms with Crippen molar-refractivity contribution >= 4 is 17.5 Å². The van der Waals surface area contributed by atoms with Gasteiger partial charge in [0.25, 0.3) is 5.91 Å². The van der Waals surface area contributed by atoms with Crippen molar-refractivity contribution in [2.45, 2.75) is 6.42 Å². The van der Waals surface area contributed by atoms with Gasteiger partial charge in [0.1, 0.15) is 11.5 Å². The minimum atomic E-state index is -0.360. The van der Waals surface area contributed by atoms with Crippen LogP contribution in [0.15, 0.2) is 41.0 Å². The van der Waals surface area contributed by atoms with Gasteiger partial charge in [0, 0.05) is 18.0 Å². The Labute approximate surface area is 109 Å². The van der Waals surface area contributed by atoms with E-state index in [1.807, 2.05) is 6.07 Å². The number of aromatic hydroxyl groups is 1. The van der Waals surface area contributed by atoms with Crippen molar-refractivity contribution in [2.24, 2.45) is 0 Å². The number of rotatable bonds is 4. The molecule has 2 N–H and O–H groups in total. The highest BCUT2D eigenvalue weighted by Gasteiger charge is 2.11. The Kier molecular flexibility index (Phi) is 3.89. The number of hydrogen-bond acceptors (Lipinski definition) is 3. The van der Waals surface area contributed by atoms with E-state index in [9.17, 15) is 9.90 Å². The molecule has 4 nitrogen and oxygen atoms in total. The third-order valence-corrected chi connectivity index (χ3v) is 2.68. The zero-order valence-electron chi connectivity index (χ0n) is 9.52. The second-order valence-electron chi connectivity index (χ2n) is 3.75. The Hall–Kier alpha value is -1.94. The van der Waals surface area contributed by atoms with Crippen molar-refractivity contribution in [1.82, 2.24) is 5.32 Å². The molecule has 18 heavy (non-hydrogen) atoms. The number of amides is 1. The van der Waals surface area contributed by atoms with Crippen molar-refractivity contribution < 1.29 is 14.3 Å². The molecule has 0 unspecified atom stereocenters. The quantitative estimate of drug-likeness (QED) is 0.893. The Morgan fingerprint density at radius 1 is 1.39 bits per heavy atom. The van der Waals surface area contributed by atoms with Gasteiger partial charge < -0.3 is 14.8 Å². The van der Waals surface area contributed by atoms with Crippen molar-refractivity contribution in [3.63, 3.8) is 0 Å². The van der Waals surface area contributed by atoms with Crippen molar-refractivity contribution in [1.29, 1.82) is 0 Å². The maximum Gasteiger partial charge on any atom is 0.255 e. The van der Waals surface area contributed by atoms with Gasteiger partial charge in [0.15, 0.2) is 0 Å². The second-order valence-corrected chi connectivity index (χ2v) is 4.18. The second kappa shape index (κ2) is 5.60. The van der Waals surface area contributed by atoms with Crippen LogP contribution < -0.4 is 5.32 Å². The number of nitrogens with one attached hydrogen (secondary N) is 1. The normalized spacial score (nSPS) is 10.3. The first kappa shape index (κ1) is 12.5. The van der Waals surface area contributed by atoms with E-state index < -0.39 is 0 Å². The number of furan rings is 1. The number of halogens is 1. The summed E-state index contributed by atoms with van der Waals surface area (Å²) in [6.45, 7) is 0.429. The first-order valence-electron chi connectivity index (χ1n) is 5.46. The lowest BCUT2D eigenvalue weighted by atomic mass is 10.2. The SMILES string of the molecule is O=C(NCCc1ccco1)c1cc(Cl)ccc1O. The van der Waals surface area contributed by atoms with E-state index in [-0.39, 0.29) is 17.2 Å². The molecule has 0 saturated carbocycles. The molecule has 0 radical (unpaired) electrons. The van der Waals surface area contributed by atoms with Gasteiger partial charge in [-0.1, -0.05) is 11.6 Å². The van der Waals surface area contributed by atoms with Gasteiger partial charge in [-0.3, -0.25) is 4.79 Å². The number of phenolic OH excluding ortho intramolecular Hbond substituents is 1. The molecule has 0 aliphatic rings. The standard InChI is InChI=1S/C13H12ClNO3/c14-9-3-4-12(16)11(8-9)13(17)15-6-5-10-2-1-7-18-10/h1-4,7-8,16H,5-6H2,(H,15,17). The molecule has 1 aromatic heterocycles. The van der Waals surface area contributed by atoms with Crippen LogP contribution in [0.2, 0.25) is 5.02 Å². The fraction of sp³-hybridized carbons (Fsp3) is 0.154. The molecule has 1 amide bonds. The molecule has 5 heteroatoms. The van der Waals surface area contributed by atoms with Crippen LogP contribution in [0.25, 0.3) is 0 Å². The Balaban J connectivity index is 1.93. The van der Waals surface area contributed by atoms with Gasteiger partial charge >= 0.3 is 0 Å². The lowest BCUT2D eigenvalue weighted by Crippen LogP contribution is -2.25. The number of carbonyl (C=O) groups is 1.